The van der Waals surface area contributed by atoms with Gasteiger partial charge in [-0.15, -0.1) is 0 Å². The number of nitrogens with two attached hydrogens (primary N) is 1. The lowest BCUT2D eigenvalue weighted by Crippen LogP contribution is -2.64. The van der Waals surface area contributed by atoms with Crippen molar-refractivity contribution in [2.24, 2.45) is 5.73 Å². The van der Waals surface area contributed by atoms with Crippen LogP contribution in [-0.2, 0) is 19.6 Å². The molecule has 0 unspecified atom stereocenters. The first-order valence-electron chi connectivity index (χ1n) is 11.7. The van der Waals surface area contributed by atoms with Gasteiger partial charge in [0.05, 0.1) is 13.2 Å². The number of anilines is 1. The molecule has 2 aliphatic heterocycles. The molecule has 0 aromatic heterocycles. The van der Waals surface area contributed by atoms with Crippen LogP contribution in [0.2, 0.25) is 0 Å². The van der Waals surface area contributed by atoms with Crippen molar-refractivity contribution in [1.82, 2.24) is 14.7 Å². The minimum atomic E-state index is -4.09. The molecule has 1 aromatic carbocycles. The molecule has 2 heterocycles. The normalized spacial score (nSPS) is 19.0. The summed E-state index contributed by atoms with van der Waals surface area (Å²) in [6, 6.07) is 7.73. The lowest BCUT2D eigenvalue weighted by Gasteiger charge is -2.44. The number of hydroxylamine groups is 1. The third kappa shape index (κ3) is 5.29. The average molecular weight is 498 g/mol. The van der Waals surface area contributed by atoms with Crippen molar-refractivity contribution >= 4 is 27.5 Å². The highest BCUT2D eigenvalue weighted by Gasteiger charge is 2.55. The van der Waals surface area contributed by atoms with Crippen LogP contribution in [0.3, 0.4) is 0 Å². The zero-order valence-electron chi connectivity index (χ0n) is 19.6. The van der Waals surface area contributed by atoms with E-state index in [4.69, 9.17) is 10.5 Å². The highest BCUT2D eigenvalue weighted by atomic mass is 32.2. The van der Waals surface area contributed by atoms with Gasteiger partial charge in [-0.05, 0) is 43.5 Å². The molecule has 2 aliphatic rings. The van der Waals surface area contributed by atoms with Crippen LogP contribution in [0.15, 0.2) is 24.3 Å². The Morgan fingerprint density at radius 2 is 1.71 bits per heavy atom. The quantitative estimate of drug-likeness (QED) is 0.248. The van der Waals surface area contributed by atoms with Crippen LogP contribution in [0.5, 0.6) is 5.75 Å². The minimum absolute atomic E-state index is 0.0787. The third-order valence-corrected chi connectivity index (χ3v) is 9.28. The Kier molecular flexibility index (Phi) is 8.74. The standard InChI is InChI=1S/C22H35N5O6S/c1-2-3-16-33-19-6-4-18(5-7-19)25-12-14-27(15-13-25)34(31,32)22(21(29)24-30)8-10-26(11-9-22)20(28)17-23/h4-7,30H,2-3,8-17,23H2,1H3,(H,24,29). The Bertz CT molecular complexity index is 939. The number of piperidine rings is 1. The number of amides is 2. The molecule has 1 aromatic rings. The van der Waals surface area contributed by atoms with Gasteiger partial charge in [-0.1, -0.05) is 13.3 Å². The number of benzene rings is 1. The molecule has 0 aliphatic carbocycles. The summed E-state index contributed by atoms with van der Waals surface area (Å²) in [7, 11) is -4.09. The fourth-order valence-corrected chi connectivity index (χ4v) is 6.59. The lowest BCUT2D eigenvalue weighted by molar-refractivity contribution is -0.137. The van der Waals surface area contributed by atoms with E-state index in [1.165, 1.54) is 9.21 Å². The Balaban J connectivity index is 1.66. The van der Waals surface area contributed by atoms with E-state index in [1.807, 2.05) is 24.3 Å². The first-order chi connectivity index (χ1) is 16.3. The largest absolute Gasteiger partial charge is 0.494 e. The number of nitrogens with one attached hydrogen (secondary N) is 1. The molecule has 0 atom stereocenters. The number of likely N-dealkylation sites (tertiary alicyclic amines) is 1. The summed E-state index contributed by atoms with van der Waals surface area (Å²) in [5.41, 5.74) is 7.92. The molecule has 0 spiro atoms. The van der Waals surface area contributed by atoms with E-state index in [0.29, 0.717) is 19.7 Å². The summed E-state index contributed by atoms with van der Waals surface area (Å²) >= 11 is 0. The van der Waals surface area contributed by atoms with Crippen molar-refractivity contribution in [3.63, 3.8) is 0 Å². The zero-order chi connectivity index (χ0) is 24.8. The second kappa shape index (κ2) is 11.3. The second-order valence-corrected chi connectivity index (χ2v) is 10.9. The molecule has 12 heteroatoms. The molecule has 2 fully saturated rings. The maximum absolute atomic E-state index is 13.6. The number of hydrogen-bond donors (Lipinski definition) is 3. The third-order valence-electron chi connectivity index (χ3n) is 6.65. The number of carbonyl (C=O) groups excluding carboxylic acids is 2. The van der Waals surface area contributed by atoms with Crippen LogP contribution < -0.4 is 20.9 Å². The van der Waals surface area contributed by atoms with Crippen LogP contribution >= 0.6 is 0 Å². The smallest absolute Gasteiger partial charge is 0.266 e. The van der Waals surface area contributed by atoms with Gasteiger partial charge in [0.2, 0.25) is 15.9 Å². The van der Waals surface area contributed by atoms with Gasteiger partial charge in [0.25, 0.3) is 5.91 Å². The molecule has 0 bridgehead atoms. The molecule has 34 heavy (non-hydrogen) atoms. The van der Waals surface area contributed by atoms with E-state index < -0.39 is 20.7 Å². The van der Waals surface area contributed by atoms with Crippen LogP contribution in [0.4, 0.5) is 5.69 Å². The van der Waals surface area contributed by atoms with E-state index in [-0.39, 0.29) is 51.5 Å². The van der Waals surface area contributed by atoms with Gasteiger partial charge >= 0.3 is 0 Å². The molecular weight excluding hydrogens is 462 g/mol. The Morgan fingerprint density at radius 3 is 2.24 bits per heavy atom. The highest BCUT2D eigenvalue weighted by Crippen LogP contribution is 2.34. The maximum Gasteiger partial charge on any atom is 0.266 e. The molecule has 0 radical (unpaired) electrons. The number of sulfonamides is 1. The van der Waals surface area contributed by atoms with Crippen molar-refractivity contribution in [3.8, 4) is 5.75 Å². The molecule has 190 valence electrons. The number of rotatable bonds is 9. The fourth-order valence-electron chi connectivity index (χ4n) is 4.47. The first-order valence-corrected chi connectivity index (χ1v) is 13.1. The number of nitrogens with zero attached hydrogens (tertiary/aromatic N) is 3. The number of unbranched alkanes of at least 4 members (excludes halogenated alkanes) is 1. The van der Waals surface area contributed by atoms with Crippen molar-refractivity contribution in [2.45, 2.75) is 37.4 Å². The minimum Gasteiger partial charge on any atom is -0.494 e. The zero-order valence-corrected chi connectivity index (χ0v) is 20.4. The van der Waals surface area contributed by atoms with Crippen molar-refractivity contribution in [2.75, 3.05) is 57.3 Å². The van der Waals surface area contributed by atoms with Gasteiger partial charge in [-0.3, -0.25) is 14.8 Å². The van der Waals surface area contributed by atoms with Crippen LogP contribution in [-0.4, -0.2) is 91.8 Å². The number of ether oxygens (including phenoxy) is 1. The predicted molar refractivity (Wildman–Crippen MR) is 127 cm³/mol. The number of piperazine rings is 1. The summed E-state index contributed by atoms with van der Waals surface area (Å²) in [4.78, 5) is 28.1. The van der Waals surface area contributed by atoms with Gasteiger partial charge < -0.3 is 20.3 Å². The van der Waals surface area contributed by atoms with Gasteiger partial charge in [-0.2, -0.15) is 4.31 Å². The first kappa shape index (κ1) is 26.2. The lowest BCUT2D eigenvalue weighted by atomic mass is 9.95. The van der Waals surface area contributed by atoms with Gasteiger partial charge in [-0.25, -0.2) is 13.9 Å². The highest BCUT2D eigenvalue weighted by molar-refractivity contribution is 7.91. The molecule has 3 rings (SSSR count). The van der Waals surface area contributed by atoms with Crippen LogP contribution in [0, 0.1) is 0 Å². The van der Waals surface area contributed by atoms with Crippen molar-refractivity contribution in [3.05, 3.63) is 24.3 Å². The molecule has 11 nitrogen and oxygen atoms in total. The maximum atomic E-state index is 13.6. The molecule has 2 saturated heterocycles. The summed E-state index contributed by atoms with van der Waals surface area (Å²) in [5, 5.41) is 9.31. The van der Waals surface area contributed by atoms with E-state index in [1.54, 1.807) is 5.48 Å². The SMILES string of the molecule is CCCCOc1ccc(N2CCN(S(=O)(=O)C3(C(=O)NO)CCN(C(=O)CN)CC3)CC2)cc1. The molecule has 4 N–H and O–H groups in total. The Hall–Kier alpha value is -2.41. The van der Waals surface area contributed by atoms with E-state index in [0.717, 1.165) is 24.3 Å². The number of hydrogen-bond acceptors (Lipinski definition) is 8. The average Bonchev–Trinajstić information content (AvgIpc) is 2.88. The van der Waals surface area contributed by atoms with E-state index in [9.17, 15) is 23.2 Å². The van der Waals surface area contributed by atoms with Crippen molar-refractivity contribution in [1.29, 1.82) is 0 Å². The van der Waals surface area contributed by atoms with E-state index >= 15 is 0 Å². The van der Waals surface area contributed by atoms with Gasteiger partial charge in [0, 0.05) is 45.0 Å². The summed E-state index contributed by atoms with van der Waals surface area (Å²) < 4.78 is 32.4. The van der Waals surface area contributed by atoms with Gasteiger partial charge in [0.1, 0.15) is 5.75 Å². The molecule has 0 saturated carbocycles. The molecule has 2 amide bonds. The summed E-state index contributed by atoms with van der Waals surface area (Å²) in [5.74, 6) is -0.464. The Morgan fingerprint density at radius 1 is 1.09 bits per heavy atom. The Labute approximate surface area is 200 Å². The van der Waals surface area contributed by atoms with Gasteiger partial charge in [0.15, 0.2) is 4.75 Å². The monoisotopic (exact) mass is 497 g/mol. The van der Waals surface area contributed by atoms with Crippen LogP contribution in [0.25, 0.3) is 0 Å². The second-order valence-electron chi connectivity index (χ2n) is 8.61. The van der Waals surface area contributed by atoms with Crippen LogP contribution in [0.1, 0.15) is 32.6 Å². The fraction of sp³-hybridized carbons (Fsp3) is 0.636. The summed E-state index contributed by atoms with van der Waals surface area (Å²) in [6.45, 7) is 4.11. The summed E-state index contributed by atoms with van der Waals surface area (Å²) in [6.07, 6.45) is 1.85. The van der Waals surface area contributed by atoms with E-state index in [2.05, 4.69) is 11.8 Å². The number of carbonyl (C=O) groups is 2. The predicted octanol–water partition coefficient (Wildman–Crippen LogP) is 0.143. The molecular formula is C22H35N5O6S. The van der Waals surface area contributed by atoms with Crippen molar-refractivity contribution < 1.29 is 28.0 Å². The topological polar surface area (TPSA) is 146 Å².